The Labute approximate surface area is 272 Å². The van der Waals surface area contributed by atoms with Crippen molar-refractivity contribution >= 4 is 50.9 Å². The Morgan fingerprint density at radius 3 is 2.52 bits per heavy atom. The molecule has 0 aliphatic carbocycles. The zero-order valence-corrected chi connectivity index (χ0v) is 27.7. The summed E-state index contributed by atoms with van der Waals surface area (Å²) >= 11 is 11.0. The minimum atomic E-state index is -0.811. The molecule has 0 bridgehead atoms. The van der Waals surface area contributed by atoms with Gasteiger partial charge in [0.15, 0.2) is 16.3 Å². The van der Waals surface area contributed by atoms with Crippen molar-refractivity contribution in [2.75, 3.05) is 20.3 Å². The number of hydrogen-bond acceptors (Lipinski definition) is 8. The number of thiazole rings is 1. The van der Waals surface area contributed by atoms with Gasteiger partial charge in [-0.3, -0.25) is 9.36 Å². The van der Waals surface area contributed by atoms with Crippen LogP contribution in [0.25, 0.3) is 6.08 Å². The Morgan fingerprint density at radius 2 is 1.84 bits per heavy atom. The van der Waals surface area contributed by atoms with E-state index in [2.05, 4.69) is 20.9 Å². The number of allylic oxidation sites excluding steroid dienone is 1. The number of hydrogen-bond donors (Lipinski definition) is 0. The van der Waals surface area contributed by atoms with Crippen LogP contribution in [-0.4, -0.2) is 30.9 Å². The Morgan fingerprint density at radius 1 is 1.07 bits per heavy atom. The van der Waals surface area contributed by atoms with E-state index in [9.17, 15) is 9.59 Å². The van der Waals surface area contributed by atoms with Crippen LogP contribution in [0.15, 0.2) is 86.2 Å². The molecule has 4 aromatic rings. The van der Waals surface area contributed by atoms with Crippen LogP contribution < -0.4 is 29.1 Å². The topological polar surface area (TPSA) is 88.4 Å². The third-order valence-electron chi connectivity index (χ3n) is 6.87. The molecule has 1 aliphatic heterocycles. The molecular formula is C33H30BrClN2O6S. The van der Waals surface area contributed by atoms with E-state index in [1.807, 2.05) is 55.5 Å². The van der Waals surface area contributed by atoms with E-state index >= 15 is 0 Å². The number of rotatable bonds is 10. The molecule has 0 radical (unpaired) electrons. The van der Waals surface area contributed by atoms with Gasteiger partial charge in [0.25, 0.3) is 5.56 Å². The Bertz CT molecular complexity index is 1920. The van der Waals surface area contributed by atoms with Crippen molar-refractivity contribution in [3.05, 3.63) is 118 Å². The lowest BCUT2D eigenvalue weighted by molar-refractivity contribution is -0.139. The highest BCUT2D eigenvalue weighted by Crippen LogP contribution is 2.41. The molecule has 44 heavy (non-hydrogen) atoms. The van der Waals surface area contributed by atoms with Crippen LogP contribution in [-0.2, 0) is 16.1 Å². The number of methoxy groups -OCH3 is 1. The third kappa shape index (κ3) is 6.62. The van der Waals surface area contributed by atoms with Crippen LogP contribution in [0.4, 0.5) is 0 Å². The summed E-state index contributed by atoms with van der Waals surface area (Å²) in [6, 6.07) is 17.7. The average molecular weight is 698 g/mol. The summed E-state index contributed by atoms with van der Waals surface area (Å²) in [5.41, 5.74) is 2.88. The number of nitrogens with zero attached hydrogens (tertiary/aromatic N) is 2. The quantitative estimate of drug-likeness (QED) is 0.184. The van der Waals surface area contributed by atoms with Gasteiger partial charge in [-0.25, -0.2) is 9.79 Å². The highest BCUT2D eigenvalue weighted by molar-refractivity contribution is 9.10. The van der Waals surface area contributed by atoms with E-state index in [0.29, 0.717) is 60.6 Å². The molecule has 11 heteroatoms. The van der Waals surface area contributed by atoms with Crippen molar-refractivity contribution in [3.63, 3.8) is 0 Å². The number of halogens is 2. The predicted octanol–water partition coefficient (Wildman–Crippen LogP) is 6.20. The third-order valence-corrected chi connectivity index (χ3v) is 8.77. The van der Waals surface area contributed by atoms with Crippen molar-refractivity contribution in [2.24, 2.45) is 4.99 Å². The summed E-state index contributed by atoms with van der Waals surface area (Å²) in [6.07, 6.45) is 1.80. The lowest BCUT2D eigenvalue weighted by Gasteiger charge is -2.26. The first-order valence-corrected chi connectivity index (χ1v) is 15.9. The highest BCUT2D eigenvalue weighted by atomic mass is 79.9. The Kier molecular flexibility index (Phi) is 9.93. The molecule has 0 saturated heterocycles. The molecule has 0 saturated carbocycles. The number of benzene rings is 3. The van der Waals surface area contributed by atoms with Gasteiger partial charge in [0.05, 0.1) is 42.2 Å². The maximum Gasteiger partial charge on any atom is 0.338 e. The van der Waals surface area contributed by atoms with E-state index in [1.54, 1.807) is 39.2 Å². The first-order chi connectivity index (χ1) is 21.2. The molecule has 0 spiro atoms. The van der Waals surface area contributed by atoms with E-state index in [-0.39, 0.29) is 17.7 Å². The molecule has 5 rings (SSSR count). The lowest BCUT2D eigenvalue weighted by atomic mass is 9.95. The van der Waals surface area contributed by atoms with Crippen LogP contribution in [0.1, 0.15) is 43.5 Å². The first kappa shape index (κ1) is 31.6. The van der Waals surface area contributed by atoms with Gasteiger partial charge in [-0.1, -0.05) is 63.1 Å². The molecule has 1 atom stereocenters. The molecule has 0 fully saturated rings. The molecule has 2 heterocycles. The fourth-order valence-electron chi connectivity index (χ4n) is 4.88. The molecule has 228 valence electrons. The normalized spacial score (nSPS) is 14.6. The molecule has 8 nitrogen and oxygen atoms in total. The largest absolute Gasteiger partial charge is 0.493 e. The molecule has 0 N–H and O–H groups in total. The maximum atomic E-state index is 14.0. The monoisotopic (exact) mass is 696 g/mol. The van der Waals surface area contributed by atoms with Crippen molar-refractivity contribution in [1.29, 1.82) is 0 Å². The van der Waals surface area contributed by atoms with Gasteiger partial charge < -0.3 is 18.9 Å². The van der Waals surface area contributed by atoms with Crippen molar-refractivity contribution in [1.82, 2.24) is 4.57 Å². The number of ether oxygens (including phenoxy) is 4. The summed E-state index contributed by atoms with van der Waals surface area (Å²) in [5.74, 6) is 1.16. The summed E-state index contributed by atoms with van der Waals surface area (Å²) in [4.78, 5) is 32.4. The molecule has 1 aliphatic rings. The predicted molar refractivity (Wildman–Crippen MR) is 174 cm³/mol. The molecule has 0 amide bonds. The average Bonchev–Trinajstić information content (AvgIpc) is 3.30. The summed E-state index contributed by atoms with van der Waals surface area (Å²) in [5, 5.41) is 0.656. The zero-order chi connectivity index (χ0) is 31.4. The molecule has 1 aromatic heterocycles. The maximum absolute atomic E-state index is 14.0. The summed E-state index contributed by atoms with van der Waals surface area (Å²) in [7, 11) is 1.54. The van der Waals surface area contributed by atoms with E-state index in [4.69, 9.17) is 30.5 Å². The minimum absolute atomic E-state index is 0.180. The highest BCUT2D eigenvalue weighted by Gasteiger charge is 2.35. The number of esters is 1. The molecule has 0 unspecified atom stereocenters. The smallest absolute Gasteiger partial charge is 0.338 e. The Balaban J connectivity index is 1.55. The van der Waals surface area contributed by atoms with Gasteiger partial charge in [-0.05, 0) is 79.9 Å². The van der Waals surface area contributed by atoms with Gasteiger partial charge in [-0.15, -0.1) is 0 Å². The number of fused-ring (bicyclic) bond motifs is 1. The van der Waals surface area contributed by atoms with Crippen LogP contribution >= 0.6 is 38.9 Å². The summed E-state index contributed by atoms with van der Waals surface area (Å²) in [6.45, 7) is 6.37. The first-order valence-electron chi connectivity index (χ1n) is 13.9. The van der Waals surface area contributed by atoms with Crippen LogP contribution in [0.3, 0.4) is 0 Å². The van der Waals surface area contributed by atoms with E-state index in [0.717, 1.165) is 11.1 Å². The second-order valence-corrected chi connectivity index (χ2v) is 12.0. The number of aromatic nitrogens is 1. The van der Waals surface area contributed by atoms with Crippen molar-refractivity contribution in [3.8, 4) is 17.2 Å². The number of carbonyl (C=O) groups excluding carboxylic acids is 1. The van der Waals surface area contributed by atoms with Crippen molar-refractivity contribution in [2.45, 2.75) is 33.4 Å². The van der Waals surface area contributed by atoms with Gasteiger partial charge in [0.2, 0.25) is 0 Å². The summed E-state index contributed by atoms with van der Waals surface area (Å²) < 4.78 is 25.3. The second-order valence-electron chi connectivity index (χ2n) is 9.75. The minimum Gasteiger partial charge on any atom is -0.493 e. The van der Waals surface area contributed by atoms with Crippen molar-refractivity contribution < 1.29 is 23.7 Å². The van der Waals surface area contributed by atoms with Gasteiger partial charge >= 0.3 is 5.97 Å². The van der Waals surface area contributed by atoms with Gasteiger partial charge in [0.1, 0.15) is 12.4 Å². The standard InChI is InChI=1S/C33H30BrClN2O6S/c1-5-41-27-17-25(34)24(16-26(27)40-4)30-29(32(39)42-6-2)19(3)36-33-37(30)31(38)28(44-33)15-20-10-12-23(13-11-20)43-18-21-8-7-9-22(35)14-21/h7-17,30H,5-6,18H2,1-4H3/b28-15+/t30-/m0/s1. The fourth-order valence-corrected chi connectivity index (χ4v) is 6.68. The SMILES string of the molecule is CCOC(=O)C1=C(C)N=c2s/c(=C/c3ccc(OCc4cccc(Cl)c4)cc3)c(=O)n2[C@H]1c1cc(OC)c(OCC)cc1Br. The van der Waals surface area contributed by atoms with Gasteiger partial charge in [0, 0.05) is 9.50 Å². The molecular weight excluding hydrogens is 668 g/mol. The number of carbonyl (C=O) groups is 1. The molecule has 3 aromatic carbocycles. The zero-order valence-electron chi connectivity index (χ0n) is 24.6. The lowest BCUT2D eigenvalue weighted by Crippen LogP contribution is -2.40. The fraction of sp³-hybridized carbons (Fsp3) is 0.242. The van der Waals surface area contributed by atoms with Crippen LogP contribution in [0.5, 0.6) is 17.2 Å². The van der Waals surface area contributed by atoms with E-state index in [1.165, 1.54) is 15.9 Å². The second kappa shape index (κ2) is 13.8. The van der Waals surface area contributed by atoms with Crippen LogP contribution in [0, 0.1) is 0 Å². The van der Waals surface area contributed by atoms with Crippen LogP contribution in [0.2, 0.25) is 5.02 Å². The Hall–Kier alpha value is -3.86. The van der Waals surface area contributed by atoms with Gasteiger partial charge in [-0.2, -0.15) is 0 Å². The van der Waals surface area contributed by atoms with E-state index < -0.39 is 12.0 Å².